The minimum absolute atomic E-state index is 0.000743. The van der Waals surface area contributed by atoms with Gasteiger partial charge in [0, 0.05) is 54.8 Å². The van der Waals surface area contributed by atoms with Crippen molar-refractivity contribution in [3.8, 4) is 0 Å². The molecule has 0 atom stereocenters. The van der Waals surface area contributed by atoms with Gasteiger partial charge in [0.25, 0.3) is 0 Å². The highest BCUT2D eigenvalue weighted by molar-refractivity contribution is 6.02. The molecule has 0 spiro atoms. The fraction of sp³-hybridized carbons (Fsp3) is 0.500. The van der Waals surface area contributed by atoms with Crippen molar-refractivity contribution < 1.29 is 4.79 Å². The molecule has 1 saturated heterocycles. The van der Waals surface area contributed by atoms with Crippen LogP contribution in [0.25, 0.3) is 10.8 Å². The number of hydrogen-bond acceptors (Lipinski definition) is 4. The van der Waals surface area contributed by atoms with Gasteiger partial charge in [-0.15, -0.1) is 0 Å². The van der Waals surface area contributed by atoms with Gasteiger partial charge in [0.05, 0.1) is 0 Å². The molecule has 0 radical (unpaired) electrons. The van der Waals surface area contributed by atoms with Crippen LogP contribution < -0.4 is 15.5 Å². The van der Waals surface area contributed by atoms with E-state index in [0.717, 1.165) is 44.8 Å². The summed E-state index contributed by atoms with van der Waals surface area (Å²) in [6.45, 7) is 10.1. The fourth-order valence-electron chi connectivity index (χ4n) is 3.89. The van der Waals surface area contributed by atoms with E-state index in [2.05, 4.69) is 48.8 Å². The van der Waals surface area contributed by atoms with E-state index in [0.29, 0.717) is 0 Å². The standard InChI is InChI=1S/C20H28N4O/c1-4-23(5-2)17-8-6-7-16-18(17)14(3)13-22-20(16)24-11-9-15(10-12-24)19(21)25/h6-8,13,15H,4-5,9-12H2,1-3H3,(H2,21,25). The molecule has 3 rings (SSSR count). The molecule has 2 aromatic rings. The molecule has 0 aliphatic carbocycles. The van der Waals surface area contributed by atoms with Crippen LogP contribution in [-0.2, 0) is 4.79 Å². The number of benzene rings is 1. The van der Waals surface area contributed by atoms with E-state index in [4.69, 9.17) is 10.7 Å². The lowest BCUT2D eigenvalue weighted by Crippen LogP contribution is -2.39. The van der Waals surface area contributed by atoms with Gasteiger partial charge in [0.15, 0.2) is 0 Å². The van der Waals surface area contributed by atoms with Gasteiger partial charge in [-0.25, -0.2) is 4.98 Å². The zero-order valence-corrected chi connectivity index (χ0v) is 15.5. The van der Waals surface area contributed by atoms with E-state index in [1.807, 2.05) is 6.20 Å². The average molecular weight is 340 g/mol. The molecule has 0 unspecified atom stereocenters. The summed E-state index contributed by atoms with van der Waals surface area (Å²) in [6, 6.07) is 6.49. The van der Waals surface area contributed by atoms with Gasteiger partial charge < -0.3 is 15.5 Å². The third kappa shape index (κ3) is 3.28. The lowest BCUT2D eigenvalue weighted by molar-refractivity contribution is -0.122. The van der Waals surface area contributed by atoms with Crippen molar-refractivity contribution in [2.75, 3.05) is 36.0 Å². The number of nitrogens with zero attached hydrogens (tertiary/aromatic N) is 3. The van der Waals surface area contributed by atoms with Crippen LogP contribution in [0.4, 0.5) is 11.5 Å². The second-order valence-electron chi connectivity index (χ2n) is 6.80. The highest BCUT2D eigenvalue weighted by atomic mass is 16.1. The molecule has 1 aromatic heterocycles. The molecule has 1 fully saturated rings. The zero-order valence-electron chi connectivity index (χ0n) is 15.5. The SMILES string of the molecule is CCN(CC)c1cccc2c(N3CCC(C(N)=O)CC3)ncc(C)c12. The zero-order chi connectivity index (χ0) is 18.0. The maximum absolute atomic E-state index is 11.4. The largest absolute Gasteiger partial charge is 0.372 e. The predicted octanol–water partition coefficient (Wildman–Crippen LogP) is 3.09. The van der Waals surface area contributed by atoms with Crippen molar-refractivity contribution in [1.29, 1.82) is 0 Å². The summed E-state index contributed by atoms with van der Waals surface area (Å²) >= 11 is 0. The van der Waals surface area contributed by atoms with Crippen LogP contribution in [0.1, 0.15) is 32.3 Å². The second kappa shape index (κ2) is 7.30. The first-order valence-corrected chi connectivity index (χ1v) is 9.24. The van der Waals surface area contributed by atoms with Gasteiger partial charge in [0.2, 0.25) is 5.91 Å². The topological polar surface area (TPSA) is 62.5 Å². The van der Waals surface area contributed by atoms with Gasteiger partial charge >= 0.3 is 0 Å². The first-order valence-electron chi connectivity index (χ1n) is 9.24. The van der Waals surface area contributed by atoms with Crippen molar-refractivity contribution in [2.45, 2.75) is 33.6 Å². The summed E-state index contributed by atoms with van der Waals surface area (Å²) in [5.74, 6) is 0.849. The van der Waals surface area contributed by atoms with Crippen LogP contribution in [0.5, 0.6) is 0 Å². The number of carbonyl (C=O) groups is 1. The molecule has 1 aromatic carbocycles. The number of rotatable bonds is 5. The van der Waals surface area contributed by atoms with Crippen molar-refractivity contribution in [3.63, 3.8) is 0 Å². The van der Waals surface area contributed by atoms with E-state index in [1.54, 1.807) is 0 Å². The second-order valence-corrected chi connectivity index (χ2v) is 6.80. The number of fused-ring (bicyclic) bond motifs is 1. The number of primary amides is 1. The summed E-state index contributed by atoms with van der Waals surface area (Å²) in [6.07, 6.45) is 3.59. The maximum atomic E-state index is 11.4. The van der Waals surface area contributed by atoms with E-state index >= 15 is 0 Å². The number of hydrogen-bond donors (Lipinski definition) is 1. The molecule has 5 nitrogen and oxygen atoms in total. The maximum Gasteiger partial charge on any atom is 0.220 e. The van der Waals surface area contributed by atoms with Crippen molar-refractivity contribution in [1.82, 2.24) is 4.98 Å². The van der Waals surface area contributed by atoms with Crippen LogP contribution in [0.3, 0.4) is 0 Å². The monoisotopic (exact) mass is 340 g/mol. The quantitative estimate of drug-likeness (QED) is 0.908. The van der Waals surface area contributed by atoms with Crippen LogP contribution >= 0.6 is 0 Å². The highest BCUT2D eigenvalue weighted by Crippen LogP contribution is 2.35. The Hall–Kier alpha value is -2.30. The normalized spacial score (nSPS) is 15.6. The number of amides is 1. The number of aryl methyl sites for hydroxylation is 1. The lowest BCUT2D eigenvalue weighted by atomic mass is 9.95. The van der Waals surface area contributed by atoms with Crippen molar-refractivity contribution in [3.05, 3.63) is 30.0 Å². The summed E-state index contributed by atoms with van der Waals surface area (Å²) in [7, 11) is 0. The molecule has 1 amide bonds. The molecule has 25 heavy (non-hydrogen) atoms. The minimum Gasteiger partial charge on any atom is -0.372 e. The highest BCUT2D eigenvalue weighted by Gasteiger charge is 2.25. The third-order valence-electron chi connectivity index (χ3n) is 5.36. The minimum atomic E-state index is -0.176. The molecule has 134 valence electrons. The number of piperidine rings is 1. The first-order chi connectivity index (χ1) is 12.1. The van der Waals surface area contributed by atoms with Gasteiger partial charge in [-0.3, -0.25) is 4.79 Å². The van der Waals surface area contributed by atoms with E-state index in [-0.39, 0.29) is 11.8 Å². The predicted molar refractivity (Wildman–Crippen MR) is 104 cm³/mol. The van der Waals surface area contributed by atoms with Crippen LogP contribution in [0, 0.1) is 12.8 Å². The Balaban J connectivity index is 2.02. The van der Waals surface area contributed by atoms with Crippen LogP contribution in [0.2, 0.25) is 0 Å². The molecule has 5 heteroatoms. The lowest BCUT2D eigenvalue weighted by Gasteiger charge is -2.33. The van der Waals surface area contributed by atoms with Gasteiger partial charge in [0.1, 0.15) is 5.82 Å². The smallest absolute Gasteiger partial charge is 0.220 e. The number of nitrogens with two attached hydrogens (primary N) is 1. The molecular weight excluding hydrogens is 312 g/mol. The molecule has 0 saturated carbocycles. The number of anilines is 2. The molecular formula is C20H28N4O. The Bertz CT molecular complexity index is 762. The average Bonchev–Trinajstić information content (AvgIpc) is 2.63. The Morgan fingerprint density at radius 2 is 1.96 bits per heavy atom. The molecule has 1 aliphatic heterocycles. The summed E-state index contributed by atoms with van der Waals surface area (Å²) in [5, 5.41) is 2.48. The molecule has 2 heterocycles. The molecule has 1 aliphatic rings. The Labute approximate surface area is 149 Å². The summed E-state index contributed by atoms with van der Waals surface area (Å²) in [5.41, 5.74) is 7.94. The van der Waals surface area contributed by atoms with Gasteiger partial charge in [-0.05, 0) is 45.2 Å². The van der Waals surface area contributed by atoms with Gasteiger partial charge in [-0.1, -0.05) is 12.1 Å². The first kappa shape index (κ1) is 17.5. The van der Waals surface area contributed by atoms with E-state index in [1.165, 1.54) is 22.0 Å². The van der Waals surface area contributed by atoms with Crippen molar-refractivity contribution >= 4 is 28.2 Å². The Morgan fingerprint density at radius 3 is 2.56 bits per heavy atom. The summed E-state index contributed by atoms with van der Waals surface area (Å²) < 4.78 is 0. The molecule has 0 bridgehead atoms. The Kier molecular flexibility index (Phi) is 5.11. The van der Waals surface area contributed by atoms with Crippen molar-refractivity contribution in [2.24, 2.45) is 11.7 Å². The summed E-state index contributed by atoms with van der Waals surface area (Å²) in [4.78, 5) is 20.9. The fourth-order valence-corrected chi connectivity index (χ4v) is 3.89. The number of pyridine rings is 1. The third-order valence-corrected chi connectivity index (χ3v) is 5.36. The van der Waals surface area contributed by atoms with Crippen LogP contribution in [-0.4, -0.2) is 37.1 Å². The number of aromatic nitrogens is 1. The van der Waals surface area contributed by atoms with Crippen LogP contribution in [0.15, 0.2) is 24.4 Å². The Morgan fingerprint density at radius 1 is 1.28 bits per heavy atom. The van der Waals surface area contributed by atoms with Gasteiger partial charge in [-0.2, -0.15) is 0 Å². The van der Waals surface area contributed by atoms with E-state index in [9.17, 15) is 4.79 Å². The number of carbonyl (C=O) groups excluding carboxylic acids is 1. The molecule has 2 N–H and O–H groups in total. The van der Waals surface area contributed by atoms with E-state index < -0.39 is 0 Å².